The fourth-order valence-corrected chi connectivity index (χ4v) is 2.35. The molecule has 2 aromatic rings. The number of carbonyl (C=O) groups is 3. The first kappa shape index (κ1) is 23.1. The Kier molecular flexibility index (Phi) is 6.79. The Morgan fingerprint density at radius 2 is 1.90 bits per heavy atom. The Bertz CT molecular complexity index is 1040. The average molecular weight is 443 g/mol. The molecule has 31 heavy (non-hydrogen) atoms. The molecule has 0 aliphatic carbocycles. The highest BCUT2D eigenvalue weighted by molar-refractivity contribution is 5.98. The Morgan fingerprint density at radius 3 is 2.48 bits per heavy atom. The van der Waals surface area contributed by atoms with Crippen LogP contribution < -0.4 is 21.5 Å². The molecule has 0 aliphatic rings. The third-order valence-corrected chi connectivity index (χ3v) is 3.74. The van der Waals surface area contributed by atoms with Gasteiger partial charge in [0.15, 0.2) is 5.69 Å². The maximum atomic E-state index is 12.9. The zero-order valence-electron chi connectivity index (χ0n) is 16.0. The highest BCUT2D eigenvalue weighted by Crippen LogP contribution is 2.30. The maximum absolute atomic E-state index is 12.9. The van der Waals surface area contributed by atoms with Crippen molar-refractivity contribution in [2.24, 2.45) is 7.05 Å². The lowest BCUT2D eigenvalue weighted by Gasteiger charge is -2.11. The summed E-state index contributed by atoms with van der Waals surface area (Å²) in [4.78, 5) is 45.6. The van der Waals surface area contributed by atoms with Gasteiger partial charge in [-0.25, -0.2) is 10.2 Å². The molecule has 0 atom stereocenters. The van der Waals surface area contributed by atoms with Crippen molar-refractivity contribution in [3.63, 3.8) is 0 Å². The van der Waals surface area contributed by atoms with Gasteiger partial charge in [0, 0.05) is 31.1 Å². The van der Waals surface area contributed by atoms with Gasteiger partial charge in [-0.15, -0.1) is 0 Å². The van der Waals surface area contributed by atoms with Crippen LogP contribution in [0.2, 0.25) is 0 Å². The second-order valence-electron chi connectivity index (χ2n) is 6.13. The van der Waals surface area contributed by atoms with Crippen LogP contribution in [-0.4, -0.2) is 39.1 Å². The van der Waals surface area contributed by atoms with Crippen LogP contribution in [0.15, 0.2) is 24.4 Å². The van der Waals surface area contributed by atoms with E-state index < -0.39 is 46.7 Å². The van der Waals surface area contributed by atoms with Gasteiger partial charge in [0.2, 0.25) is 0 Å². The van der Waals surface area contributed by atoms with Crippen LogP contribution >= 0.6 is 0 Å². The third-order valence-electron chi connectivity index (χ3n) is 3.74. The van der Waals surface area contributed by atoms with Gasteiger partial charge in [0.05, 0.1) is 17.0 Å². The van der Waals surface area contributed by atoms with Crippen molar-refractivity contribution in [2.45, 2.75) is 13.1 Å². The smallest absolute Gasteiger partial charge is 0.343 e. The normalized spacial score (nSPS) is 10.9. The number of halogens is 3. The van der Waals surface area contributed by atoms with Gasteiger partial charge in [-0.1, -0.05) is 0 Å². The molecule has 0 saturated heterocycles. The van der Waals surface area contributed by atoms with E-state index in [9.17, 15) is 37.7 Å². The number of aryl methyl sites for hydroxylation is 2. The molecule has 0 radical (unpaired) electrons. The number of nitro benzene ring substituents is 1. The molecule has 1 aromatic heterocycles. The number of benzene rings is 1. The van der Waals surface area contributed by atoms with Crippen molar-refractivity contribution in [2.75, 3.05) is 11.9 Å². The first-order valence-electron chi connectivity index (χ1n) is 8.38. The number of urea groups is 1. The molecule has 166 valence electrons. The van der Waals surface area contributed by atoms with Crippen LogP contribution in [0, 0.1) is 17.0 Å². The lowest BCUT2D eigenvalue weighted by molar-refractivity contribution is -0.384. The molecule has 12 nitrogen and oxygen atoms in total. The zero-order chi connectivity index (χ0) is 23.3. The molecule has 0 saturated carbocycles. The van der Waals surface area contributed by atoms with E-state index in [1.54, 1.807) is 0 Å². The fraction of sp³-hybridized carbons (Fsp3) is 0.250. The van der Waals surface area contributed by atoms with E-state index in [2.05, 4.69) is 10.4 Å². The van der Waals surface area contributed by atoms with E-state index in [0.717, 1.165) is 10.9 Å². The van der Waals surface area contributed by atoms with Gasteiger partial charge < -0.3 is 10.6 Å². The number of carbonyl (C=O) groups excluding carboxylic acids is 3. The van der Waals surface area contributed by atoms with Crippen LogP contribution in [-0.2, 0) is 18.0 Å². The number of nitro groups is 1. The van der Waals surface area contributed by atoms with Gasteiger partial charge in [0.1, 0.15) is 0 Å². The molecule has 0 aliphatic heterocycles. The number of anilines is 1. The number of nitrogens with zero attached hydrogens (tertiary/aromatic N) is 3. The Balaban J connectivity index is 1.85. The largest absolute Gasteiger partial charge is 0.435 e. The predicted octanol–water partition coefficient (Wildman–Crippen LogP) is 1.24. The molecule has 1 heterocycles. The highest BCUT2D eigenvalue weighted by Gasteiger charge is 2.39. The van der Waals surface area contributed by atoms with E-state index in [-0.39, 0.29) is 11.4 Å². The summed E-state index contributed by atoms with van der Waals surface area (Å²) < 4.78 is 39.4. The molecule has 15 heteroatoms. The minimum Gasteiger partial charge on any atom is -0.343 e. The summed E-state index contributed by atoms with van der Waals surface area (Å²) in [5, 5.41) is 18.2. The minimum atomic E-state index is -4.86. The lowest BCUT2D eigenvalue weighted by atomic mass is 10.2. The van der Waals surface area contributed by atoms with Gasteiger partial charge in [-0.3, -0.25) is 29.8 Å². The second kappa shape index (κ2) is 9.10. The number of non-ortho nitro benzene ring substituents is 1. The molecule has 0 unspecified atom stereocenters. The van der Waals surface area contributed by atoms with Crippen molar-refractivity contribution in [1.82, 2.24) is 25.9 Å². The van der Waals surface area contributed by atoms with Gasteiger partial charge >= 0.3 is 12.2 Å². The highest BCUT2D eigenvalue weighted by atomic mass is 19.4. The molecule has 1 aromatic carbocycles. The molecule has 0 fully saturated rings. The van der Waals surface area contributed by atoms with E-state index in [1.807, 2.05) is 16.2 Å². The van der Waals surface area contributed by atoms with Crippen LogP contribution in [0.5, 0.6) is 0 Å². The number of rotatable bonds is 5. The van der Waals surface area contributed by atoms with Crippen LogP contribution in [0.4, 0.5) is 29.3 Å². The second-order valence-corrected chi connectivity index (χ2v) is 6.13. The quantitative estimate of drug-likeness (QED) is 0.402. The van der Waals surface area contributed by atoms with Gasteiger partial charge in [-0.05, 0) is 18.6 Å². The van der Waals surface area contributed by atoms with Crippen molar-refractivity contribution in [3.05, 3.63) is 51.3 Å². The van der Waals surface area contributed by atoms with Crippen molar-refractivity contribution in [3.8, 4) is 0 Å². The lowest BCUT2D eigenvalue weighted by Crippen LogP contribution is -2.48. The molecule has 0 bridgehead atoms. The molecular formula is C16H16F3N7O5. The first-order chi connectivity index (χ1) is 14.4. The summed E-state index contributed by atoms with van der Waals surface area (Å²) in [6, 6.07) is 2.80. The summed E-state index contributed by atoms with van der Waals surface area (Å²) in [5.74, 6) is -2.11. The summed E-state index contributed by atoms with van der Waals surface area (Å²) in [7, 11) is 1.20. The monoisotopic (exact) mass is 443 g/mol. The summed E-state index contributed by atoms with van der Waals surface area (Å²) in [5.41, 5.74) is 2.20. The van der Waals surface area contributed by atoms with Crippen LogP contribution in [0.1, 0.15) is 21.6 Å². The number of hydrazine groups is 1. The summed E-state index contributed by atoms with van der Waals surface area (Å²) in [6.45, 7) is 0.784. The average Bonchev–Trinajstić information content (AvgIpc) is 3.08. The molecule has 4 amide bonds. The number of aromatic nitrogens is 2. The molecule has 4 N–H and O–H groups in total. The van der Waals surface area contributed by atoms with Gasteiger partial charge in [-0.2, -0.15) is 18.3 Å². The molecule has 0 spiro atoms. The number of nitrogens with one attached hydrogen (secondary N) is 4. The molecule has 2 rings (SSSR count). The van der Waals surface area contributed by atoms with E-state index in [4.69, 9.17) is 0 Å². The number of hydrogen-bond acceptors (Lipinski definition) is 6. The van der Waals surface area contributed by atoms with Crippen molar-refractivity contribution in [1.29, 1.82) is 0 Å². The SMILES string of the molecule is Cc1cc([N+](=O)[O-])ccc1NC(=O)NNC(=O)CNC(=O)c1cn(C)nc1C(F)(F)F. The maximum Gasteiger partial charge on any atom is 0.435 e. The van der Waals surface area contributed by atoms with Crippen molar-refractivity contribution < 1.29 is 32.5 Å². The number of alkyl halides is 3. The van der Waals surface area contributed by atoms with Crippen LogP contribution in [0.3, 0.4) is 0 Å². The summed E-state index contributed by atoms with van der Waals surface area (Å²) >= 11 is 0. The standard InChI is InChI=1S/C16H16F3N7O5/c1-8-5-9(26(30)31)3-4-11(8)21-15(29)23-22-12(27)6-20-14(28)10-7-25(2)24-13(10)16(17,18)19/h3-5,7H,6H2,1-2H3,(H,20,28)(H,22,27)(H2,21,23,29). The number of hydrogen-bond donors (Lipinski definition) is 4. The number of amides is 4. The predicted molar refractivity (Wildman–Crippen MR) is 98.7 cm³/mol. The van der Waals surface area contributed by atoms with Gasteiger partial charge in [0.25, 0.3) is 17.5 Å². The van der Waals surface area contributed by atoms with Crippen molar-refractivity contribution >= 4 is 29.2 Å². The Morgan fingerprint density at radius 1 is 1.23 bits per heavy atom. The first-order valence-corrected chi connectivity index (χ1v) is 8.38. The topological polar surface area (TPSA) is 160 Å². The summed E-state index contributed by atoms with van der Waals surface area (Å²) in [6.07, 6.45) is -4.00. The Labute approximate surface area is 171 Å². The van der Waals surface area contributed by atoms with E-state index in [0.29, 0.717) is 5.56 Å². The Hall–Kier alpha value is -4.17. The zero-order valence-corrected chi connectivity index (χ0v) is 16.0. The molecular weight excluding hydrogens is 427 g/mol. The fourth-order valence-electron chi connectivity index (χ4n) is 2.35. The third kappa shape index (κ3) is 6.15. The van der Waals surface area contributed by atoms with Crippen LogP contribution in [0.25, 0.3) is 0 Å². The van der Waals surface area contributed by atoms with E-state index >= 15 is 0 Å². The minimum absolute atomic E-state index is 0.171. The van der Waals surface area contributed by atoms with E-state index in [1.165, 1.54) is 32.2 Å².